The van der Waals surface area contributed by atoms with Crippen LogP contribution in [0.25, 0.3) is 0 Å². The van der Waals surface area contributed by atoms with Crippen molar-refractivity contribution in [3.63, 3.8) is 0 Å². The molecule has 0 saturated carbocycles. The van der Waals surface area contributed by atoms with Crippen LogP contribution in [0.4, 0.5) is 5.69 Å². The van der Waals surface area contributed by atoms with Gasteiger partial charge in [0.2, 0.25) is 15.9 Å². The lowest BCUT2D eigenvalue weighted by molar-refractivity contribution is -0.121. The Hall–Kier alpha value is -3.30. The monoisotopic (exact) mass is 455 g/mol. The Morgan fingerprint density at radius 3 is 2.09 bits per heavy atom. The van der Waals surface area contributed by atoms with E-state index in [9.17, 15) is 22.8 Å². The summed E-state index contributed by atoms with van der Waals surface area (Å²) in [6, 6.07) is 11.8. The lowest BCUT2D eigenvalue weighted by atomic mass is 10.0. The quantitative estimate of drug-likeness (QED) is 0.446. The molecule has 0 aliphatic carbocycles. The Balaban J connectivity index is 1.74. The number of rotatable bonds is 9. The van der Waals surface area contributed by atoms with Crippen LogP contribution in [-0.4, -0.2) is 43.6 Å². The molecule has 0 spiro atoms. The van der Waals surface area contributed by atoms with Crippen molar-refractivity contribution in [3.05, 3.63) is 77.9 Å². The smallest absolute Gasteiger partial charge is 0.262 e. The molecule has 0 fully saturated rings. The first-order chi connectivity index (χ1) is 15.1. The third-order valence-electron chi connectivity index (χ3n) is 5.03. The highest BCUT2D eigenvalue weighted by Crippen LogP contribution is 2.28. The fourth-order valence-corrected chi connectivity index (χ4v) is 4.64. The Labute approximate surface area is 187 Å². The van der Waals surface area contributed by atoms with E-state index in [4.69, 9.17) is 0 Å². The molecule has 3 rings (SSSR count). The standard InChI is InChI=1S/C23H25N3O5S/c1-4-13-24-32(30,31)14-16-9-11-17(12-10-16)25-21(27)20(15(2)3)26-22(28)18-7-5-6-8-19(18)23(26)29/h4-12,15,20,24H,1,13-14H2,2-3H3,(H,25,27). The summed E-state index contributed by atoms with van der Waals surface area (Å²) in [5.74, 6) is -2.02. The zero-order chi connectivity index (χ0) is 23.5. The van der Waals surface area contributed by atoms with E-state index in [-0.39, 0.29) is 29.3 Å². The molecule has 2 aromatic carbocycles. The molecule has 32 heavy (non-hydrogen) atoms. The number of carbonyl (C=O) groups excluding carboxylic acids is 3. The van der Waals surface area contributed by atoms with Gasteiger partial charge in [0.1, 0.15) is 6.04 Å². The fraction of sp³-hybridized carbons (Fsp3) is 0.261. The summed E-state index contributed by atoms with van der Waals surface area (Å²) in [4.78, 5) is 39.7. The zero-order valence-electron chi connectivity index (χ0n) is 17.9. The lowest BCUT2D eigenvalue weighted by Gasteiger charge is -2.28. The maximum absolute atomic E-state index is 13.0. The molecule has 8 nitrogen and oxygen atoms in total. The van der Waals surface area contributed by atoms with Crippen molar-refractivity contribution in [2.75, 3.05) is 11.9 Å². The summed E-state index contributed by atoms with van der Waals surface area (Å²) in [6.07, 6.45) is 1.45. The highest BCUT2D eigenvalue weighted by Gasteiger charge is 2.43. The zero-order valence-corrected chi connectivity index (χ0v) is 18.7. The normalized spacial score (nSPS) is 14.4. The molecule has 1 unspecified atom stereocenters. The molecule has 168 valence electrons. The van der Waals surface area contributed by atoms with Gasteiger partial charge in [-0.1, -0.05) is 44.2 Å². The largest absolute Gasteiger partial charge is 0.324 e. The first-order valence-corrected chi connectivity index (χ1v) is 11.7. The minimum Gasteiger partial charge on any atom is -0.324 e. The molecule has 3 amide bonds. The van der Waals surface area contributed by atoms with E-state index < -0.39 is 33.8 Å². The van der Waals surface area contributed by atoms with Crippen LogP contribution in [0.1, 0.15) is 40.1 Å². The van der Waals surface area contributed by atoms with Gasteiger partial charge in [-0.05, 0) is 35.7 Å². The number of amides is 3. The molecule has 2 aromatic rings. The summed E-state index contributed by atoms with van der Waals surface area (Å²) in [5.41, 5.74) is 1.54. The molecule has 2 N–H and O–H groups in total. The Morgan fingerprint density at radius 1 is 1.03 bits per heavy atom. The molecule has 0 aromatic heterocycles. The van der Waals surface area contributed by atoms with Crippen molar-refractivity contribution in [3.8, 4) is 0 Å². The van der Waals surface area contributed by atoms with Crippen LogP contribution >= 0.6 is 0 Å². The average molecular weight is 456 g/mol. The van der Waals surface area contributed by atoms with Crippen LogP contribution in [0.5, 0.6) is 0 Å². The number of benzene rings is 2. The predicted octanol–water partition coefficient (Wildman–Crippen LogP) is 2.55. The van der Waals surface area contributed by atoms with Gasteiger partial charge in [0.05, 0.1) is 16.9 Å². The molecule has 1 aliphatic heterocycles. The topological polar surface area (TPSA) is 113 Å². The van der Waals surface area contributed by atoms with Gasteiger partial charge in [0.15, 0.2) is 0 Å². The molecule has 1 heterocycles. The number of imide groups is 1. The van der Waals surface area contributed by atoms with E-state index in [2.05, 4.69) is 16.6 Å². The van der Waals surface area contributed by atoms with Crippen LogP contribution in [-0.2, 0) is 20.6 Å². The van der Waals surface area contributed by atoms with Crippen molar-refractivity contribution in [1.82, 2.24) is 9.62 Å². The van der Waals surface area contributed by atoms with Gasteiger partial charge in [-0.15, -0.1) is 6.58 Å². The SMILES string of the molecule is C=CCNS(=O)(=O)Cc1ccc(NC(=O)C(C(C)C)N2C(=O)c3ccccc3C2=O)cc1. The third-order valence-corrected chi connectivity index (χ3v) is 6.35. The van der Waals surface area contributed by atoms with Gasteiger partial charge in [-0.2, -0.15) is 0 Å². The van der Waals surface area contributed by atoms with Crippen molar-refractivity contribution < 1.29 is 22.8 Å². The summed E-state index contributed by atoms with van der Waals surface area (Å²) >= 11 is 0. The number of fused-ring (bicyclic) bond motifs is 1. The number of nitrogens with zero attached hydrogens (tertiary/aromatic N) is 1. The number of hydrogen-bond acceptors (Lipinski definition) is 5. The van der Waals surface area contributed by atoms with Crippen molar-refractivity contribution in [2.24, 2.45) is 5.92 Å². The lowest BCUT2D eigenvalue weighted by Crippen LogP contribution is -2.50. The highest BCUT2D eigenvalue weighted by molar-refractivity contribution is 7.88. The van der Waals surface area contributed by atoms with Gasteiger partial charge in [-0.25, -0.2) is 13.1 Å². The maximum Gasteiger partial charge on any atom is 0.262 e. The number of carbonyl (C=O) groups is 3. The third kappa shape index (κ3) is 4.95. The minimum absolute atomic E-state index is 0.144. The number of sulfonamides is 1. The predicted molar refractivity (Wildman–Crippen MR) is 121 cm³/mol. The molecule has 0 saturated heterocycles. The van der Waals surface area contributed by atoms with Gasteiger partial charge >= 0.3 is 0 Å². The van der Waals surface area contributed by atoms with Crippen LogP contribution < -0.4 is 10.0 Å². The molecule has 0 bridgehead atoms. The second-order valence-corrected chi connectivity index (χ2v) is 9.60. The highest BCUT2D eigenvalue weighted by atomic mass is 32.2. The van der Waals surface area contributed by atoms with Gasteiger partial charge in [0, 0.05) is 12.2 Å². The van der Waals surface area contributed by atoms with Crippen molar-refractivity contribution in [1.29, 1.82) is 0 Å². The van der Waals surface area contributed by atoms with E-state index in [1.54, 1.807) is 62.4 Å². The number of hydrogen-bond donors (Lipinski definition) is 2. The summed E-state index contributed by atoms with van der Waals surface area (Å²) in [7, 11) is -3.50. The van der Waals surface area contributed by atoms with Gasteiger partial charge in [-0.3, -0.25) is 19.3 Å². The van der Waals surface area contributed by atoms with E-state index in [1.165, 1.54) is 6.08 Å². The van der Waals surface area contributed by atoms with Crippen LogP contribution in [0, 0.1) is 5.92 Å². The maximum atomic E-state index is 13.0. The first-order valence-electron chi connectivity index (χ1n) is 10.1. The molecule has 9 heteroatoms. The average Bonchev–Trinajstić information content (AvgIpc) is 2.99. The van der Waals surface area contributed by atoms with E-state index >= 15 is 0 Å². The van der Waals surface area contributed by atoms with E-state index in [0.717, 1.165) is 4.90 Å². The van der Waals surface area contributed by atoms with Gasteiger partial charge in [0.25, 0.3) is 11.8 Å². The van der Waals surface area contributed by atoms with Crippen LogP contribution in [0.2, 0.25) is 0 Å². The molecule has 1 aliphatic rings. The molecular weight excluding hydrogens is 430 g/mol. The Morgan fingerprint density at radius 2 is 1.59 bits per heavy atom. The summed E-state index contributed by atoms with van der Waals surface area (Å²) < 4.78 is 26.4. The number of nitrogens with one attached hydrogen (secondary N) is 2. The van der Waals surface area contributed by atoms with Crippen LogP contribution in [0.3, 0.4) is 0 Å². The Kier molecular flexibility index (Phi) is 6.90. The molecular formula is C23H25N3O5S. The second-order valence-electron chi connectivity index (χ2n) is 7.80. The molecule has 0 radical (unpaired) electrons. The van der Waals surface area contributed by atoms with Crippen molar-refractivity contribution in [2.45, 2.75) is 25.6 Å². The van der Waals surface area contributed by atoms with E-state index in [0.29, 0.717) is 11.3 Å². The molecule has 1 atom stereocenters. The van der Waals surface area contributed by atoms with E-state index in [1.807, 2.05) is 0 Å². The van der Waals surface area contributed by atoms with Crippen molar-refractivity contribution >= 4 is 33.4 Å². The second kappa shape index (κ2) is 9.46. The fourth-order valence-electron chi connectivity index (χ4n) is 3.54. The first kappa shape index (κ1) is 23.4. The summed E-state index contributed by atoms with van der Waals surface area (Å²) in [6.45, 7) is 7.14. The van der Waals surface area contributed by atoms with Gasteiger partial charge < -0.3 is 5.32 Å². The Bertz CT molecular complexity index is 1120. The summed E-state index contributed by atoms with van der Waals surface area (Å²) in [5, 5.41) is 2.73. The minimum atomic E-state index is -3.50. The number of anilines is 1. The van der Waals surface area contributed by atoms with Crippen LogP contribution in [0.15, 0.2) is 61.2 Å².